The van der Waals surface area contributed by atoms with Crippen LogP contribution in [0, 0.1) is 5.92 Å². The molecule has 2 aromatic rings. The van der Waals surface area contributed by atoms with Gasteiger partial charge in [0.25, 0.3) is 11.8 Å². The van der Waals surface area contributed by atoms with E-state index in [4.69, 9.17) is 0 Å². The highest BCUT2D eigenvalue weighted by Crippen LogP contribution is 2.29. The number of carbonyl (C=O) groups excluding carboxylic acids is 2. The average Bonchev–Trinajstić information content (AvgIpc) is 2.68. The van der Waals surface area contributed by atoms with Crippen molar-refractivity contribution in [3.05, 3.63) is 58.1 Å². The van der Waals surface area contributed by atoms with E-state index in [0.29, 0.717) is 22.7 Å². The van der Waals surface area contributed by atoms with Gasteiger partial charge in [0.1, 0.15) is 0 Å². The summed E-state index contributed by atoms with van der Waals surface area (Å²) in [5.74, 6) is 0.375. The molecule has 1 fully saturated rings. The minimum atomic E-state index is -0.216. The van der Waals surface area contributed by atoms with E-state index in [1.165, 1.54) is 0 Å². The van der Waals surface area contributed by atoms with Crippen LogP contribution in [0.5, 0.6) is 0 Å². The average molecular weight is 458 g/mol. The van der Waals surface area contributed by atoms with Crippen LogP contribution in [0.25, 0.3) is 0 Å². The smallest absolute Gasteiger partial charge is 0.256 e. The van der Waals surface area contributed by atoms with Crippen LogP contribution < -0.4 is 15.5 Å². The van der Waals surface area contributed by atoms with Crippen LogP contribution >= 0.6 is 15.9 Å². The van der Waals surface area contributed by atoms with E-state index in [1.54, 1.807) is 12.1 Å². The Hall–Kier alpha value is -2.34. The van der Waals surface area contributed by atoms with E-state index < -0.39 is 0 Å². The topological polar surface area (TPSA) is 61.4 Å². The first-order valence-electron chi connectivity index (χ1n) is 10.1. The summed E-state index contributed by atoms with van der Waals surface area (Å²) in [5, 5.41) is 5.90. The maximum absolute atomic E-state index is 12.9. The van der Waals surface area contributed by atoms with Crippen LogP contribution in [0.2, 0.25) is 0 Å². The fraction of sp³-hybridized carbons (Fsp3) is 0.391. The van der Waals surface area contributed by atoms with E-state index in [0.717, 1.165) is 36.1 Å². The summed E-state index contributed by atoms with van der Waals surface area (Å²) in [6.45, 7) is 8.03. The molecule has 2 aromatic carbocycles. The van der Waals surface area contributed by atoms with Crippen LogP contribution in [-0.4, -0.2) is 30.9 Å². The lowest BCUT2D eigenvalue weighted by molar-refractivity contribution is 0.0942. The molecule has 0 radical (unpaired) electrons. The molecule has 5 nitrogen and oxygen atoms in total. The van der Waals surface area contributed by atoms with Gasteiger partial charge in [-0.05, 0) is 78.9 Å². The Labute approximate surface area is 181 Å². The van der Waals surface area contributed by atoms with Gasteiger partial charge in [0.2, 0.25) is 0 Å². The van der Waals surface area contributed by atoms with Gasteiger partial charge in [-0.25, -0.2) is 0 Å². The van der Waals surface area contributed by atoms with Crippen molar-refractivity contribution in [1.29, 1.82) is 0 Å². The number of amides is 2. The molecular weight excluding hydrogens is 430 g/mol. The van der Waals surface area contributed by atoms with Crippen molar-refractivity contribution >= 4 is 39.1 Å². The number of halogens is 1. The quantitative estimate of drug-likeness (QED) is 0.657. The molecule has 6 heteroatoms. The van der Waals surface area contributed by atoms with Gasteiger partial charge in [0.05, 0.1) is 11.1 Å². The lowest BCUT2D eigenvalue weighted by Gasteiger charge is -2.33. The summed E-state index contributed by atoms with van der Waals surface area (Å²) in [6, 6.07) is 12.9. The maximum Gasteiger partial charge on any atom is 0.256 e. The van der Waals surface area contributed by atoms with E-state index >= 15 is 0 Å². The molecule has 154 valence electrons. The highest BCUT2D eigenvalue weighted by atomic mass is 79.9. The fourth-order valence-corrected chi connectivity index (χ4v) is 3.97. The lowest BCUT2D eigenvalue weighted by atomic mass is 9.97. The van der Waals surface area contributed by atoms with Crippen molar-refractivity contribution in [3.8, 4) is 0 Å². The van der Waals surface area contributed by atoms with Gasteiger partial charge in [-0.2, -0.15) is 0 Å². The number of benzene rings is 2. The number of nitrogens with one attached hydrogen (secondary N) is 2. The fourth-order valence-electron chi connectivity index (χ4n) is 3.50. The Balaban J connectivity index is 1.88. The second-order valence-corrected chi connectivity index (χ2v) is 8.82. The van der Waals surface area contributed by atoms with Crippen LogP contribution in [0.4, 0.5) is 11.4 Å². The highest BCUT2D eigenvalue weighted by molar-refractivity contribution is 9.10. The molecule has 1 saturated heterocycles. The molecule has 1 aliphatic rings. The van der Waals surface area contributed by atoms with Gasteiger partial charge in [0.15, 0.2) is 0 Å². The predicted molar refractivity (Wildman–Crippen MR) is 122 cm³/mol. The highest BCUT2D eigenvalue weighted by Gasteiger charge is 2.22. The molecule has 1 heterocycles. The Kier molecular flexibility index (Phi) is 6.96. The molecule has 0 bridgehead atoms. The Bertz CT molecular complexity index is 889. The van der Waals surface area contributed by atoms with Crippen LogP contribution in [-0.2, 0) is 0 Å². The van der Waals surface area contributed by atoms with E-state index in [-0.39, 0.29) is 17.9 Å². The minimum Gasteiger partial charge on any atom is -0.371 e. The van der Waals surface area contributed by atoms with Gasteiger partial charge in [-0.1, -0.05) is 19.1 Å². The van der Waals surface area contributed by atoms with E-state index in [1.807, 2.05) is 44.2 Å². The summed E-state index contributed by atoms with van der Waals surface area (Å²) < 4.78 is 0.731. The minimum absolute atomic E-state index is 0.0373. The second-order valence-electron chi connectivity index (χ2n) is 7.96. The molecule has 3 rings (SSSR count). The molecule has 29 heavy (non-hydrogen) atoms. The zero-order valence-electron chi connectivity index (χ0n) is 17.2. The molecule has 0 spiro atoms. The first-order chi connectivity index (χ1) is 13.8. The number of rotatable bonds is 5. The van der Waals surface area contributed by atoms with Crippen molar-refractivity contribution in [2.75, 3.05) is 23.3 Å². The number of nitrogens with zero attached hydrogens (tertiary/aromatic N) is 1. The largest absolute Gasteiger partial charge is 0.371 e. The van der Waals surface area contributed by atoms with Crippen molar-refractivity contribution in [2.24, 2.45) is 5.92 Å². The third kappa shape index (κ3) is 5.38. The van der Waals surface area contributed by atoms with Gasteiger partial charge >= 0.3 is 0 Å². The molecule has 0 atom stereocenters. The van der Waals surface area contributed by atoms with Gasteiger partial charge < -0.3 is 15.5 Å². The predicted octanol–water partition coefficient (Wildman–Crippen LogP) is 5.08. The number of piperidine rings is 1. The SMILES string of the molecule is CC1CCN(c2ccc(NC(=O)c3ccccc3Br)cc2C(=O)NC(C)C)CC1. The monoisotopic (exact) mass is 457 g/mol. The molecule has 0 saturated carbocycles. The summed E-state index contributed by atoms with van der Waals surface area (Å²) in [7, 11) is 0. The molecule has 2 N–H and O–H groups in total. The zero-order chi connectivity index (χ0) is 21.0. The summed E-state index contributed by atoms with van der Waals surface area (Å²) in [6.07, 6.45) is 2.23. The van der Waals surface area contributed by atoms with Gasteiger partial charge in [0, 0.05) is 35.0 Å². The Morgan fingerprint density at radius 3 is 2.38 bits per heavy atom. The Morgan fingerprint density at radius 2 is 1.72 bits per heavy atom. The van der Waals surface area contributed by atoms with E-state index in [9.17, 15) is 9.59 Å². The van der Waals surface area contributed by atoms with Crippen LogP contribution in [0.1, 0.15) is 54.3 Å². The Morgan fingerprint density at radius 1 is 1.03 bits per heavy atom. The molecule has 2 amide bonds. The molecule has 0 unspecified atom stereocenters. The molecular formula is C23H28BrN3O2. The van der Waals surface area contributed by atoms with Crippen molar-refractivity contribution in [1.82, 2.24) is 5.32 Å². The first-order valence-corrected chi connectivity index (χ1v) is 10.9. The van der Waals surface area contributed by atoms with E-state index in [2.05, 4.69) is 38.4 Å². The summed E-state index contributed by atoms with van der Waals surface area (Å²) >= 11 is 3.41. The zero-order valence-corrected chi connectivity index (χ0v) is 18.8. The molecule has 0 aromatic heterocycles. The number of hydrogen-bond donors (Lipinski definition) is 2. The van der Waals surface area contributed by atoms with Crippen LogP contribution in [0.3, 0.4) is 0 Å². The summed E-state index contributed by atoms with van der Waals surface area (Å²) in [4.78, 5) is 27.8. The first kappa shape index (κ1) is 21.4. The molecule has 1 aliphatic heterocycles. The summed E-state index contributed by atoms with van der Waals surface area (Å²) in [5.41, 5.74) is 2.68. The van der Waals surface area contributed by atoms with Crippen molar-refractivity contribution in [3.63, 3.8) is 0 Å². The standard InChI is InChI=1S/C23H28BrN3O2/c1-15(2)25-23(29)19-14-17(26-22(28)18-6-4-5-7-20(18)24)8-9-21(19)27-12-10-16(3)11-13-27/h4-9,14-16H,10-13H2,1-3H3,(H,25,29)(H,26,28). The third-order valence-electron chi connectivity index (χ3n) is 5.16. The lowest BCUT2D eigenvalue weighted by Crippen LogP contribution is -2.36. The number of hydrogen-bond acceptors (Lipinski definition) is 3. The van der Waals surface area contributed by atoms with Crippen LogP contribution in [0.15, 0.2) is 46.9 Å². The van der Waals surface area contributed by atoms with Gasteiger partial charge in [-0.15, -0.1) is 0 Å². The van der Waals surface area contributed by atoms with Crippen molar-refractivity contribution < 1.29 is 9.59 Å². The number of anilines is 2. The molecule has 0 aliphatic carbocycles. The normalized spacial score (nSPS) is 14.7. The second kappa shape index (κ2) is 9.44. The van der Waals surface area contributed by atoms with Gasteiger partial charge in [-0.3, -0.25) is 9.59 Å². The maximum atomic E-state index is 12.9. The van der Waals surface area contributed by atoms with Crippen molar-refractivity contribution in [2.45, 2.75) is 39.7 Å². The third-order valence-corrected chi connectivity index (χ3v) is 5.85. The number of carbonyl (C=O) groups is 2.